The first kappa shape index (κ1) is 18.9. The highest BCUT2D eigenvalue weighted by atomic mass is 35.5. The molecule has 1 aromatic heterocycles. The van der Waals surface area contributed by atoms with Crippen molar-refractivity contribution in [2.75, 3.05) is 6.54 Å². The van der Waals surface area contributed by atoms with Crippen molar-refractivity contribution in [1.82, 2.24) is 9.88 Å². The molecule has 0 saturated carbocycles. The lowest BCUT2D eigenvalue weighted by Gasteiger charge is -2.16. The fourth-order valence-corrected chi connectivity index (χ4v) is 2.97. The molecule has 0 bridgehead atoms. The number of aliphatic carboxylic acids is 1. The molecule has 1 aromatic carbocycles. The Hall–Kier alpha value is -2.91. The molecule has 0 atom stereocenters. The van der Waals surface area contributed by atoms with Crippen LogP contribution in [0.15, 0.2) is 23.0 Å². The monoisotopic (exact) mass is 396 g/mol. The number of halogens is 2. The van der Waals surface area contributed by atoms with E-state index in [1.165, 1.54) is 12.1 Å². The maximum atomic E-state index is 14.1. The molecule has 3 rings (SSSR count). The lowest BCUT2D eigenvalue weighted by atomic mass is 10.1. The van der Waals surface area contributed by atoms with Gasteiger partial charge in [-0.25, -0.2) is 4.39 Å². The first-order chi connectivity index (χ1) is 12.8. The van der Waals surface area contributed by atoms with E-state index in [0.717, 1.165) is 10.6 Å². The number of carbonyl (C=O) groups excluding carboxylic acids is 1. The Morgan fingerprint density at radius 3 is 2.74 bits per heavy atom. The van der Waals surface area contributed by atoms with E-state index in [4.69, 9.17) is 21.4 Å². The highest BCUT2D eigenvalue weighted by Gasteiger charge is 2.29. The molecule has 2 aromatic rings. The summed E-state index contributed by atoms with van der Waals surface area (Å²) < 4.78 is 20.5. The van der Waals surface area contributed by atoms with Gasteiger partial charge >= 0.3 is 5.97 Å². The van der Waals surface area contributed by atoms with Gasteiger partial charge in [0, 0.05) is 16.1 Å². The number of carboxylic acids is 1. The second-order valence-electron chi connectivity index (χ2n) is 5.85. The van der Waals surface area contributed by atoms with Gasteiger partial charge in [-0.05, 0) is 12.1 Å². The van der Waals surface area contributed by atoms with Crippen LogP contribution in [-0.2, 0) is 29.3 Å². The number of ether oxygens (including phenoxy) is 1. The average molecular weight is 397 g/mol. The largest absolute Gasteiger partial charge is 0.506 e. The number of amides is 1. The summed E-state index contributed by atoms with van der Waals surface area (Å²) in [5, 5.41) is 21.2. The highest BCUT2D eigenvalue weighted by Crippen LogP contribution is 2.30. The standard InChI is InChI=1S/C17H14ClFN2O6/c18-9-2-1-8(11(19)3-9)5-21-12-7-27-6-10(12)15(24)14(17(21)26)16(25)20-4-13(22)23/h1-3,24H,4-7H2,(H,20,25)(H,22,23). The molecule has 0 radical (unpaired) electrons. The maximum absolute atomic E-state index is 14.1. The Morgan fingerprint density at radius 1 is 1.33 bits per heavy atom. The van der Waals surface area contributed by atoms with E-state index in [0.29, 0.717) is 5.69 Å². The Balaban J connectivity index is 2.09. The van der Waals surface area contributed by atoms with Crippen molar-refractivity contribution in [1.29, 1.82) is 0 Å². The van der Waals surface area contributed by atoms with Gasteiger partial charge in [-0.2, -0.15) is 0 Å². The van der Waals surface area contributed by atoms with Crippen molar-refractivity contribution in [2.24, 2.45) is 0 Å². The summed E-state index contributed by atoms with van der Waals surface area (Å²) in [5.41, 5.74) is -0.798. The van der Waals surface area contributed by atoms with Gasteiger partial charge in [0.25, 0.3) is 11.5 Å². The maximum Gasteiger partial charge on any atom is 0.322 e. The number of hydrogen-bond donors (Lipinski definition) is 3. The lowest BCUT2D eigenvalue weighted by Crippen LogP contribution is -2.37. The molecule has 1 amide bonds. The molecule has 0 aliphatic carbocycles. The molecule has 2 heterocycles. The minimum Gasteiger partial charge on any atom is -0.506 e. The predicted octanol–water partition coefficient (Wildman–Crippen LogP) is 1.24. The molecule has 3 N–H and O–H groups in total. The molecule has 0 fully saturated rings. The van der Waals surface area contributed by atoms with Crippen LogP contribution in [0, 0.1) is 5.82 Å². The van der Waals surface area contributed by atoms with Crippen LogP contribution in [0.25, 0.3) is 0 Å². The summed E-state index contributed by atoms with van der Waals surface area (Å²) >= 11 is 5.73. The Bertz CT molecular complexity index is 1000. The van der Waals surface area contributed by atoms with Crippen LogP contribution in [0.3, 0.4) is 0 Å². The van der Waals surface area contributed by atoms with Gasteiger partial charge in [0.1, 0.15) is 23.7 Å². The van der Waals surface area contributed by atoms with Crippen LogP contribution in [0.1, 0.15) is 27.2 Å². The van der Waals surface area contributed by atoms with Gasteiger partial charge in [0.2, 0.25) is 0 Å². The average Bonchev–Trinajstić information content (AvgIpc) is 3.08. The number of fused-ring (bicyclic) bond motifs is 1. The fourth-order valence-electron chi connectivity index (χ4n) is 2.81. The van der Waals surface area contributed by atoms with E-state index in [1.54, 1.807) is 0 Å². The Morgan fingerprint density at radius 2 is 2.07 bits per heavy atom. The molecule has 27 heavy (non-hydrogen) atoms. The molecule has 1 aliphatic heterocycles. The van der Waals surface area contributed by atoms with E-state index in [-0.39, 0.29) is 35.9 Å². The summed E-state index contributed by atoms with van der Waals surface area (Å²) in [6.07, 6.45) is 0. The number of aromatic hydroxyl groups is 1. The third kappa shape index (κ3) is 3.64. The Kier molecular flexibility index (Phi) is 5.15. The summed E-state index contributed by atoms with van der Waals surface area (Å²) in [5.74, 6) is -3.55. The summed E-state index contributed by atoms with van der Waals surface area (Å²) in [4.78, 5) is 35.7. The van der Waals surface area contributed by atoms with Crippen molar-refractivity contribution in [3.05, 3.63) is 61.8 Å². The molecule has 142 valence electrons. The lowest BCUT2D eigenvalue weighted by molar-refractivity contribution is -0.135. The zero-order valence-electron chi connectivity index (χ0n) is 13.8. The molecule has 1 aliphatic rings. The summed E-state index contributed by atoms with van der Waals surface area (Å²) in [6.45, 7) is -0.974. The van der Waals surface area contributed by atoms with E-state index < -0.39 is 41.1 Å². The Labute approximate surface area is 156 Å². The first-order valence-electron chi connectivity index (χ1n) is 7.78. The molecular weight excluding hydrogens is 383 g/mol. The van der Waals surface area contributed by atoms with Crippen molar-refractivity contribution >= 4 is 23.5 Å². The summed E-state index contributed by atoms with van der Waals surface area (Å²) in [7, 11) is 0. The first-order valence-corrected chi connectivity index (χ1v) is 8.16. The van der Waals surface area contributed by atoms with Crippen LogP contribution in [0.2, 0.25) is 5.02 Å². The van der Waals surface area contributed by atoms with E-state index in [9.17, 15) is 23.9 Å². The van der Waals surface area contributed by atoms with Crippen LogP contribution >= 0.6 is 11.6 Å². The van der Waals surface area contributed by atoms with Gasteiger partial charge in [-0.3, -0.25) is 14.4 Å². The van der Waals surface area contributed by atoms with Gasteiger partial charge in [0.05, 0.1) is 25.5 Å². The quantitative estimate of drug-likeness (QED) is 0.700. The van der Waals surface area contributed by atoms with E-state index >= 15 is 0 Å². The molecule has 0 spiro atoms. The minimum atomic E-state index is -1.31. The number of carbonyl (C=O) groups is 2. The molecular formula is C17H14ClFN2O6. The third-order valence-electron chi connectivity index (χ3n) is 4.11. The molecule has 0 saturated heterocycles. The van der Waals surface area contributed by atoms with Crippen molar-refractivity contribution in [3.63, 3.8) is 0 Å². The van der Waals surface area contributed by atoms with Crippen LogP contribution in [0.5, 0.6) is 5.75 Å². The number of nitrogens with one attached hydrogen (secondary N) is 1. The van der Waals surface area contributed by atoms with Crippen LogP contribution in [-0.4, -0.2) is 33.2 Å². The molecule has 10 heteroatoms. The third-order valence-corrected chi connectivity index (χ3v) is 4.35. The van der Waals surface area contributed by atoms with Crippen molar-refractivity contribution in [2.45, 2.75) is 19.8 Å². The van der Waals surface area contributed by atoms with Gasteiger partial charge in [0.15, 0.2) is 0 Å². The van der Waals surface area contributed by atoms with Crippen molar-refractivity contribution in [3.8, 4) is 5.75 Å². The van der Waals surface area contributed by atoms with E-state index in [2.05, 4.69) is 0 Å². The van der Waals surface area contributed by atoms with E-state index in [1.807, 2.05) is 5.32 Å². The second-order valence-corrected chi connectivity index (χ2v) is 6.28. The normalized spacial score (nSPS) is 12.7. The number of pyridine rings is 1. The zero-order valence-corrected chi connectivity index (χ0v) is 14.5. The number of benzene rings is 1. The number of aromatic nitrogens is 1. The number of carboxylic acid groups (broad SMARTS) is 1. The van der Waals surface area contributed by atoms with Gasteiger partial charge in [-0.1, -0.05) is 17.7 Å². The highest BCUT2D eigenvalue weighted by molar-refractivity contribution is 6.30. The fraction of sp³-hybridized carbons (Fsp3) is 0.235. The SMILES string of the molecule is O=C(O)CNC(=O)c1c(O)c2c(n(Cc3ccc(Cl)cc3F)c1=O)COC2. The smallest absolute Gasteiger partial charge is 0.322 e. The van der Waals surface area contributed by atoms with Crippen LogP contribution in [0.4, 0.5) is 4.39 Å². The molecule has 0 unspecified atom stereocenters. The van der Waals surface area contributed by atoms with Crippen molar-refractivity contribution < 1.29 is 28.9 Å². The number of nitrogens with zero attached hydrogens (tertiary/aromatic N) is 1. The molecule has 8 nitrogen and oxygen atoms in total. The number of hydrogen-bond acceptors (Lipinski definition) is 5. The minimum absolute atomic E-state index is 0.00433. The zero-order chi connectivity index (χ0) is 19.7. The number of rotatable bonds is 5. The predicted molar refractivity (Wildman–Crippen MR) is 91.3 cm³/mol. The second kappa shape index (κ2) is 7.37. The van der Waals surface area contributed by atoms with Crippen LogP contribution < -0.4 is 10.9 Å². The van der Waals surface area contributed by atoms with Gasteiger partial charge in [-0.15, -0.1) is 0 Å². The summed E-state index contributed by atoms with van der Waals surface area (Å²) in [6, 6.07) is 3.96. The topological polar surface area (TPSA) is 118 Å². The van der Waals surface area contributed by atoms with Gasteiger partial charge < -0.3 is 24.8 Å².